The van der Waals surface area contributed by atoms with Crippen molar-refractivity contribution in [3.63, 3.8) is 0 Å². The third-order valence-corrected chi connectivity index (χ3v) is 3.01. The largest absolute Gasteiger partial charge is 0.409 e. The number of amides is 1. The number of carbonyl (C=O) groups excluding carboxylic acids is 1. The summed E-state index contributed by atoms with van der Waals surface area (Å²) in [6, 6.07) is 7.48. The summed E-state index contributed by atoms with van der Waals surface area (Å²) >= 11 is 0. The van der Waals surface area contributed by atoms with Crippen LogP contribution in [0.1, 0.15) is 19.8 Å². The molecule has 20 heavy (non-hydrogen) atoms. The van der Waals surface area contributed by atoms with Crippen molar-refractivity contribution < 1.29 is 10.0 Å². The Bertz CT molecular complexity index is 486. The molecule has 6 heteroatoms. The molecule has 4 N–H and O–H groups in total. The Labute approximate surface area is 119 Å². The van der Waals surface area contributed by atoms with Gasteiger partial charge in [0.25, 0.3) is 0 Å². The molecule has 0 aliphatic rings. The Morgan fingerprint density at radius 1 is 1.45 bits per heavy atom. The Kier molecular flexibility index (Phi) is 5.83. The number of oxime groups is 1. The van der Waals surface area contributed by atoms with E-state index in [1.165, 1.54) is 0 Å². The van der Waals surface area contributed by atoms with Crippen molar-refractivity contribution in [1.82, 2.24) is 0 Å². The van der Waals surface area contributed by atoms with Crippen molar-refractivity contribution in [3.05, 3.63) is 24.3 Å². The molecule has 0 aromatic heterocycles. The minimum atomic E-state index is -0.625. The number of anilines is 2. The van der Waals surface area contributed by atoms with Gasteiger partial charge in [-0.3, -0.25) is 4.79 Å². The predicted molar refractivity (Wildman–Crippen MR) is 81.2 cm³/mol. The Balaban J connectivity index is 2.94. The van der Waals surface area contributed by atoms with Crippen LogP contribution in [0.2, 0.25) is 0 Å². The Hall–Kier alpha value is -2.24. The third-order valence-electron chi connectivity index (χ3n) is 3.01. The summed E-state index contributed by atoms with van der Waals surface area (Å²) in [7, 11) is 3.80. The Morgan fingerprint density at radius 3 is 2.65 bits per heavy atom. The normalized spacial score (nSPS) is 12.8. The van der Waals surface area contributed by atoms with E-state index in [-0.39, 0.29) is 11.7 Å². The summed E-state index contributed by atoms with van der Waals surface area (Å²) in [5, 5.41) is 14.6. The first-order chi connectivity index (χ1) is 9.51. The fourth-order valence-corrected chi connectivity index (χ4v) is 1.96. The minimum Gasteiger partial charge on any atom is -0.409 e. The van der Waals surface area contributed by atoms with Gasteiger partial charge in [0, 0.05) is 14.1 Å². The fourth-order valence-electron chi connectivity index (χ4n) is 1.96. The zero-order chi connectivity index (χ0) is 15.1. The maximum atomic E-state index is 12.3. The molecule has 0 aliphatic carbocycles. The third kappa shape index (κ3) is 3.88. The first-order valence-corrected chi connectivity index (χ1v) is 6.55. The monoisotopic (exact) mass is 278 g/mol. The molecule has 6 nitrogen and oxygen atoms in total. The van der Waals surface area contributed by atoms with Crippen LogP contribution in [-0.4, -0.2) is 31.0 Å². The molecule has 1 rings (SSSR count). The van der Waals surface area contributed by atoms with Crippen LogP contribution in [0.4, 0.5) is 11.4 Å². The van der Waals surface area contributed by atoms with Gasteiger partial charge in [-0.05, 0) is 18.6 Å². The zero-order valence-corrected chi connectivity index (χ0v) is 12.1. The highest BCUT2D eigenvalue weighted by molar-refractivity contribution is 6.08. The van der Waals surface area contributed by atoms with Gasteiger partial charge in [0.1, 0.15) is 0 Å². The lowest BCUT2D eigenvalue weighted by molar-refractivity contribution is -0.118. The molecule has 0 saturated heterocycles. The number of amidine groups is 1. The standard InChI is InChI=1S/C14H22N4O2/c1-4-7-10(13(15)17-20)14(19)16-11-8-5-6-9-12(11)18(2)3/h5-6,8-10,20H,4,7H2,1-3H3,(H2,15,17)(H,16,19). The van der Waals surface area contributed by atoms with E-state index in [1.807, 2.05) is 50.2 Å². The van der Waals surface area contributed by atoms with E-state index in [0.29, 0.717) is 12.1 Å². The molecular formula is C14H22N4O2. The minimum absolute atomic E-state index is 0.0633. The summed E-state index contributed by atoms with van der Waals surface area (Å²) in [5.41, 5.74) is 7.19. The SMILES string of the molecule is CCCC(C(=O)Nc1ccccc1N(C)C)/C(N)=N/O. The highest BCUT2D eigenvalue weighted by atomic mass is 16.4. The van der Waals surface area contributed by atoms with Crippen LogP contribution in [-0.2, 0) is 4.79 Å². The molecule has 0 bridgehead atoms. The molecule has 0 saturated carbocycles. The number of carbonyl (C=O) groups is 1. The lowest BCUT2D eigenvalue weighted by Crippen LogP contribution is -2.35. The van der Waals surface area contributed by atoms with Crippen LogP contribution in [0.3, 0.4) is 0 Å². The fraction of sp³-hybridized carbons (Fsp3) is 0.429. The van der Waals surface area contributed by atoms with E-state index < -0.39 is 5.92 Å². The summed E-state index contributed by atoms with van der Waals surface area (Å²) < 4.78 is 0. The molecule has 1 unspecified atom stereocenters. The topological polar surface area (TPSA) is 91.0 Å². The summed E-state index contributed by atoms with van der Waals surface area (Å²) in [4.78, 5) is 14.2. The van der Waals surface area contributed by atoms with Gasteiger partial charge in [-0.1, -0.05) is 30.6 Å². The molecule has 0 radical (unpaired) electrons. The first-order valence-electron chi connectivity index (χ1n) is 6.55. The van der Waals surface area contributed by atoms with Crippen molar-refractivity contribution in [2.75, 3.05) is 24.3 Å². The number of para-hydroxylation sites is 2. The van der Waals surface area contributed by atoms with Gasteiger partial charge >= 0.3 is 0 Å². The molecule has 1 amide bonds. The lowest BCUT2D eigenvalue weighted by Gasteiger charge is -2.20. The van der Waals surface area contributed by atoms with Gasteiger partial charge in [0.15, 0.2) is 5.84 Å². The average molecular weight is 278 g/mol. The Morgan fingerprint density at radius 2 is 2.10 bits per heavy atom. The molecular weight excluding hydrogens is 256 g/mol. The second-order valence-corrected chi connectivity index (χ2v) is 4.77. The summed E-state index contributed by atoms with van der Waals surface area (Å²) in [5.74, 6) is -0.955. The van der Waals surface area contributed by atoms with Gasteiger partial charge in [0.05, 0.1) is 17.3 Å². The summed E-state index contributed by atoms with van der Waals surface area (Å²) in [6.07, 6.45) is 1.30. The first kappa shape index (κ1) is 15.8. The molecule has 1 aromatic rings. The molecule has 0 fully saturated rings. The van der Waals surface area contributed by atoms with E-state index in [1.54, 1.807) is 0 Å². The van der Waals surface area contributed by atoms with Crippen molar-refractivity contribution in [1.29, 1.82) is 0 Å². The van der Waals surface area contributed by atoms with Crippen LogP contribution in [0, 0.1) is 5.92 Å². The summed E-state index contributed by atoms with van der Waals surface area (Å²) in [6.45, 7) is 1.94. The second kappa shape index (κ2) is 7.37. The average Bonchev–Trinajstić information content (AvgIpc) is 2.44. The van der Waals surface area contributed by atoms with E-state index in [2.05, 4.69) is 10.5 Å². The van der Waals surface area contributed by atoms with Crippen LogP contribution >= 0.6 is 0 Å². The number of benzene rings is 1. The maximum absolute atomic E-state index is 12.3. The number of nitrogens with one attached hydrogen (secondary N) is 1. The van der Waals surface area contributed by atoms with E-state index >= 15 is 0 Å². The van der Waals surface area contributed by atoms with Crippen molar-refractivity contribution in [2.45, 2.75) is 19.8 Å². The van der Waals surface area contributed by atoms with Crippen molar-refractivity contribution in [3.8, 4) is 0 Å². The number of hydrogen-bond donors (Lipinski definition) is 3. The molecule has 110 valence electrons. The molecule has 0 aliphatic heterocycles. The number of nitrogens with zero attached hydrogens (tertiary/aromatic N) is 2. The van der Waals surface area contributed by atoms with E-state index in [9.17, 15) is 4.79 Å². The maximum Gasteiger partial charge on any atom is 0.235 e. The van der Waals surface area contributed by atoms with Gasteiger partial charge in [-0.25, -0.2) is 0 Å². The van der Waals surface area contributed by atoms with Gasteiger partial charge in [-0.15, -0.1) is 0 Å². The smallest absolute Gasteiger partial charge is 0.235 e. The number of rotatable bonds is 6. The molecule has 0 heterocycles. The van der Waals surface area contributed by atoms with Crippen molar-refractivity contribution >= 4 is 23.1 Å². The van der Waals surface area contributed by atoms with E-state index in [4.69, 9.17) is 10.9 Å². The predicted octanol–water partition coefficient (Wildman–Crippen LogP) is 1.85. The number of nitrogens with two attached hydrogens (primary N) is 1. The van der Waals surface area contributed by atoms with E-state index in [0.717, 1.165) is 12.1 Å². The van der Waals surface area contributed by atoms with Crippen LogP contribution < -0.4 is 16.0 Å². The highest BCUT2D eigenvalue weighted by Gasteiger charge is 2.23. The second-order valence-electron chi connectivity index (χ2n) is 4.77. The van der Waals surface area contributed by atoms with Crippen molar-refractivity contribution in [2.24, 2.45) is 16.8 Å². The van der Waals surface area contributed by atoms with Gasteiger partial charge in [0.2, 0.25) is 5.91 Å². The van der Waals surface area contributed by atoms with Gasteiger partial charge < -0.3 is 21.2 Å². The molecule has 1 atom stereocenters. The van der Waals surface area contributed by atoms with Gasteiger partial charge in [-0.2, -0.15) is 0 Å². The quantitative estimate of drug-likeness (QED) is 0.320. The lowest BCUT2D eigenvalue weighted by atomic mass is 10.0. The highest BCUT2D eigenvalue weighted by Crippen LogP contribution is 2.24. The van der Waals surface area contributed by atoms with Crippen LogP contribution in [0.5, 0.6) is 0 Å². The zero-order valence-electron chi connectivity index (χ0n) is 12.1. The van der Waals surface area contributed by atoms with Crippen LogP contribution in [0.25, 0.3) is 0 Å². The van der Waals surface area contributed by atoms with Crippen LogP contribution in [0.15, 0.2) is 29.4 Å². The number of hydrogen-bond acceptors (Lipinski definition) is 4. The molecule has 1 aromatic carbocycles. The molecule has 0 spiro atoms.